The lowest BCUT2D eigenvalue weighted by Crippen LogP contribution is -3.28. The summed E-state index contributed by atoms with van der Waals surface area (Å²) < 4.78 is 5.22. The lowest BCUT2D eigenvalue weighted by Gasteiger charge is -2.29. The lowest BCUT2D eigenvalue weighted by atomic mass is 10.1. The minimum atomic E-state index is -0.110. The molecule has 7 nitrogen and oxygen atoms in total. The van der Waals surface area contributed by atoms with E-state index in [1.165, 1.54) is 15.4 Å². The number of rotatable bonds is 8. The zero-order chi connectivity index (χ0) is 21.6. The third kappa shape index (κ3) is 6.06. The van der Waals surface area contributed by atoms with Gasteiger partial charge in [-0.05, 0) is 49.2 Å². The van der Waals surface area contributed by atoms with Gasteiger partial charge in [-0.15, -0.1) is 0 Å². The highest BCUT2D eigenvalue weighted by atomic mass is 16.5. The Hall–Kier alpha value is -2.90. The molecule has 0 atom stereocenters. The minimum absolute atomic E-state index is 0.0414. The van der Waals surface area contributed by atoms with Crippen LogP contribution in [0.2, 0.25) is 0 Å². The molecule has 4 rings (SSSR count). The summed E-state index contributed by atoms with van der Waals surface area (Å²) >= 11 is 0. The van der Waals surface area contributed by atoms with Gasteiger partial charge in [0.15, 0.2) is 6.54 Å². The smallest absolute Gasteiger partial charge is 0.279 e. The number of hydrogen-bond donors (Lipinski definition) is 4. The standard InChI is InChI=1S/C24H30N4O3/c1-31-20-10-6-18(7-11-20)16-27-12-14-28(15-13-27)17-23(29)26-22-5-3-2-4-21(22)24(30)25-19-8-9-19/h2-7,10-11,19H,8-9,12-17H2,1H3,(H,25,30)(H,26,29)/p+2. The van der Waals surface area contributed by atoms with E-state index in [9.17, 15) is 9.59 Å². The second kappa shape index (κ2) is 9.94. The third-order valence-corrected chi connectivity index (χ3v) is 6.05. The highest BCUT2D eigenvalue weighted by molar-refractivity contribution is 6.04. The number of methoxy groups -OCH3 is 1. The molecule has 1 saturated heterocycles. The second-order valence-corrected chi connectivity index (χ2v) is 8.54. The van der Waals surface area contributed by atoms with Gasteiger partial charge >= 0.3 is 0 Å². The first-order valence-electron chi connectivity index (χ1n) is 11.1. The SMILES string of the molecule is COc1ccc(C[NH+]2CC[NH+](CC(=O)Nc3ccccc3C(=O)NC3CC3)CC2)cc1. The monoisotopic (exact) mass is 424 g/mol. The molecule has 2 aromatic carbocycles. The van der Waals surface area contributed by atoms with Gasteiger partial charge in [0.1, 0.15) is 38.5 Å². The molecular weight excluding hydrogens is 392 g/mol. The number of carbonyl (C=O) groups excluding carboxylic acids is 2. The molecule has 0 spiro atoms. The third-order valence-electron chi connectivity index (χ3n) is 6.05. The zero-order valence-electron chi connectivity index (χ0n) is 18.1. The average molecular weight is 425 g/mol. The highest BCUT2D eigenvalue weighted by Gasteiger charge is 2.27. The Balaban J connectivity index is 1.24. The zero-order valence-corrected chi connectivity index (χ0v) is 18.1. The predicted octanol–water partition coefficient (Wildman–Crippen LogP) is -0.490. The summed E-state index contributed by atoms with van der Waals surface area (Å²) in [6, 6.07) is 15.8. The van der Waals surface area contributed by atoms with Gasteiger partial charge in [-0.3, -0.25) is 9.59 Å². The summed E-state index contributed by atoms with van der Waals surface area (Å²) in [5.74, 6) is 0.729. The molecule has 0 radical (unpaired) electrons. The maximum Gasteiger partial charge on any atom is 0.279 e. The van der Waals surface area contributed by atoms with E-state index in [0.29, 0.717) is 17.8 Å². The van der Waals surface area contributed by atoms with Crippen molar-refractivity contribution in [2.45, 2.75) is 25.4 Å². The van der Waals surface area contributed by atoms with Gasteiger partial charge in [0.2, 0.25) is 0 Å². The van der Waals surface area contributed by atoms with Crippen molar-refractivity contribution in [1.29, 1.82) is 0 Å². The van der Waals surface area contributed by atoms with E-state index in [1.54, 1.807) is 19.2 Å². The van der Waals surface area contributed by atoms with Gasteiger partial charge in [0.25, 0.3) is 11.8 Å². The van der Waals surface area contributed by atoms with Crippen LogP contribution in [-0.4, -0.2) is 57.7 Å². The predicted molar refractivity (Wildman–Crippen MR) is 119 cm³/mol. The number of benzene rings is 2. The molecule has 1 saturated carbocycles. The van der Waals surface area contributed by atoms with Crippen LogP contribution >= 0.6 is 0 Å². The van der Waals surface area contributed by atoms with Crippen molar-refractivity contribution in [3.05, 3.63) is 59.7 Å². The largest absolute Gasteiger partial charge is 0.497 e. The second-order valence-electron chi connectivity index (χ2n) is 8.54. The molecule has 164 valence electrons. The first kappa shape index (κ1) is 21.3. The Morgan fingerprint density at radius 2 is 1.65 bits per heavy atom. The quantitative estimate of drug-likeness (QED) is 0.462. The van der Waals surface area contributed by atoms with Crippen molar-refractivity contribution in [1.82, 2.24) is 5.32 Å². The van der Waals surface area contributed by atoms with Crippen LogP contribution < -0.4 is 25.2 Å². The van der Waals surface area contributed by atoms with Crippen molar-refractivity contribution in [2.24, 2.45) is 0 Å². The topological polar surface area (TPSA) is 76.3 Å². The van der Waals surface area contributed by atoms with Gasteiger partial charge in [0, 0.05) is 11.6 Å². The maximum atomic E-state index is 12.6. The van der Waals surface area contributed by atoms with Crippen molar-refractivity contribution in [3.63, 3.8) is 0 Å². The summed E-state index contributed by atoms with van der Waals surface area (Å²) in [5.41, 5.74) is 2.43. The summed E-state index contributed by atoms with van der Waals surface area (Å²) in [5, 5.41) is 5.95. The Kier molecular flexibility index (Phi) is 6.84. The van der Waals surface area contributed by atoms with Crippen LogP contribution in [0.25, 0.3) is 0 Å². The number of quaternary nitrogens is 2. The number of ether oxygens (including phenoxy) is 1. The number of para-hydroxylation sites is 1. The number of piperazine rings is 1. The Morgan fingerprint density at radius 1 is 0.968 bits per heavy atom. The van der Waals surface area contributed by atoms with Crippen molar-refractivity contribution in [2.75, 3.05) is 45.2 Å². The van der Waals surface area contributed by atoms with E-state index in [0.717, 1.165) is 51.3 Å². The number of anilines is 1. The molecule has 1 aliphatic heterocycles. The molecular formula is C24H32N4O3+2. The van der Waals surface area contributed by atoms with Crippen LogP contribution in [0.15, 0.2) is 48.5 Å². The number of amides is 2. The first-order chi connectivity index (χ1) is 15.1. The summed E-state index contributed by atoms with van der Waals surface area (Å²) in [7, 11) is 1.68. The lowest BCUT2D eigenvalue weighted by molar-refractivity contribution is -1.02. The van der Waals surface area contributed by atoms with Crippen LogP contribution in [0.1, 0.15) is 28.8 Å². The van der Waals surface area contributed by atoms with E-state index < -0.39 is 0 Å². The van der Waals surface area contributed by atoms with E-state index in [2.05, 4.69) is 22.8 Å². The van der Waals surface area contributed by atoms with Gasteiger partial charge in [-0.1, -0.05) is 12.1 Å². The normalized spacial score (nSPS) is 20.7. The molecule has 2 aliphatic rings. The van der Waals surface area contributed by atoms with Gasteiger partial charge in [0.05, 0.1) is 18.4 Å². The number of hydrogen-bond acceptors (Lipinski definition) is 3. The van der Waals surface area contributed by atoms with E-state index in [4.69, 9.17) is 4.74 Å². The van der Waals surface area contributed by atoms with Crippen molar-refractivity contribution < 1.29 is 24.1 Å². The molecule has 7 heteroatoms. The Bertz CT molecular complexity index is 903. The van der Waals surface area contributed by atoms with Crippen molar-refractivity contribution >= 4 is 17.5 Å². The summed E-state index contributed by atoms with van der Waals surface area (Å²) in [6.07, 6.45) is 2.08. The molecule has 2 fully saturated rings. The summed E-state index contributed by atoms with van der Waals surface area (Å²) in [6.45, 7) is 5.41. The number of nitrogens with one attached hydrogen (secondary N) is 4. The van der Waals surface area contributed by atoms with Gasteiger partial charge < -0.3 is 25.2 Å². The van der Waals surface area contributed by atoms with E-state index >= 15 is 0 Å². The fraction of sp³-hybridized carbons (Fsp3) is 0.417. The molecule has 0 aromatic heterocycles. The van der Waals surface area contributed by atoms with Gasteiger partial charge in [-0.25, -0.2) is 0 Å². The molecule has 1 heterocycles. The Morgan fingerprint density at radius 3 is 2.32 bits per heavy atom. The molecule has 0 bridgehead atoms. The molecule has 4 N–H and O–H groups in total. The fourth-order valence-corrected chi connectivity index (χ4v) is 4.05. The molecule has 0 unspecified atom stereocenters. The molecule has 31 heavy (non-hydrogen) atoms. The van der Waals surface area contributed by atoms with Gasteiger partial charge in [-0.2, -0.15) is 0 Å². The van der Waals surface area contributed by atoms with Crippen LogP contribution in [0.3, 0.4) is 0 Å². The highest BCUT2D eigenvalue weighted by Crippen LogP contribution is 2.21. The maximum absolute atomic E-state index is 12.6. The molecule has 2 amide bonds. The number of carbonyl (C=O) groups is 2. The fourth-order valence-electron chi connectivity index (χ4n) is 4.05. The Labute approximate surface area is 183 Å². The van der Waals surface area contributed by atoms with Crippen LogP contribution in [0.4, 0.5) is 5.69 Å². The van der Waals surface area contributed by atoms with E-state index in [-0.39, 0.29) is 17.9 Å². The molecule has 1 aliphatic carbocycles. The van der Waals surface area contributed by atoms with Crippen molar-refractivity contribution in [3.8, 4) is 5.75 Å². The first-order valence-corrected chi connectivity index (χ1v) is 11.1. The van der Waals surface area contributed by atoms with Crippen LogP contribution in [-0.2, 0) is 11.3 Å². The van der Waals surface area contributed by atoms with Crippen LogP contribution in [0, 0.1) is 0 Å². The van der Waals surface area contributed by atoms with Crippen LogP contribution in [0.5, 0.6) is 5.75 Å². The average Bonchev–Trinajstić information content (AvgIpc) is 3.60. The van der Waals surface area contributed by atoms with E-state index in [1.807, 2.05) is 24.3 Å². The minimum Gasteiger partial charge on any atom is -0.497 e. The molecule has 2 aromatic rings. The summed E-state index contributed by atoms with van der Waals surface area (Å²) in [4.78, 5) is 27.9.